The summed E-state index contributed by atoms with van der Waals surface area (Å²) in [5.41, 5.74) is -0.806. The van der Waals surface area contributed by atoms with E-state index in [2.05, 4.69) is 20.8 Å². The fourth-order valence-electron chi connectivity index (χ4n) is 8.16. The van der Waals surface area contributed by atoms with Crippen molar-refractivity contribution < 1.29 is 27.2 Å². The zero-order valence-electron chi connectivity index (χ0n) is 19.0. The maximum Gasteiger partial charge on any atom is 0.194 e. The van der Waals surface area contributed by atoms with Gasteiger partial charge < -0.3 is 17.6 Å². The first-order chi connectivity index (χ1) is 15.2. The summed E-state index contributed by atoms with van der Waals surface area (Å²) in [6, 6.07) is 0. The van der Waals surface area contributed by atoms with Crippen molar-refractivity contribution in [1.82, 2.24) is 0 Å². The van der Waals surface area contributed by atoms with E-state index in [0.717, 1.165) is 37.7 Å². The molecule has 3 saturated carbocycles. The van der Waals surface area contributed by atoms with Gasteiger partial charge in [-0.25, -0.2) is 0 Å². The number of fused-ring (bicyclic) bond motifs is 7. The second-order valence-corrected chi connectivity index (χ2v) is 11.4. The molecule has 1 saturated heterocycles. The predicted octanol–water partition coefficient (Wildman–Crippen LogP) is 4.09. The third-order valence-electron chi connectivity index (χ3n) is 9.41. The van der Waals surface area contributed by atoms with Crippen LogP contribution in [-0.2, 0) is 22.1 Å². The largest absolute Gasteiger partial charge is 0.393 e. The first-order valence-corrected chi connectivity index (χ1v) is 12.8. The maximum atomic E-state index is 13.6. The first kappa shape index (κ1) is 23.1. The number of hydrogen-bond acceptors (Lipinski definition) is 6. The molecule has 1 heterocycles. The molecule has 7 heteroatoms. The number of ketones is 2. The molecule has 0 aromatic heterocycles. The van der Waals surface area contributed by atoms with E-state index in [1.165, 1.54) is 0 Å². The van der Waals surface area contributed by atoms with E-state index in [-0.39, 0.29) is 53.7 Å². The summed E-state index contributed by atoms with van der Waals surface area (Å²) in [6.45, 7) is 6.35. The monoisotopic (exact) mass is 556 g/mol. The van der Waals surface area contributed by atoms with E-state index in [4.69, 9.17) is 12.5 Å². The minimum Gasteiger partial charge on any atom is -0.393 e. The molecule has 6 nitrogen and oxygen atoms in total. The highest BCUT2D eigenvalue weighted by Gasteiger charge is 2.75. The van der Waals surface area contributed by atoms with E-state index >= 15 is 0 Å². The highest BCUT2D eigenvalue weighted by Crippen LogP contribution is 2.69. The molecule has 0 amide bonds. The normalized spacial score (nSPS) is 49.2. The van der Waals surface area contributed by atoms with Gasteiger partial charge in [0.1, 0.15) is 29.6 Å². The minimum absolute atomic E-state index is 0.0168. The van der Waals surface area contributed by atoms with E-state index in [1.807, 2.05) is 6.08 Å². The second-order valence-electron chi connectivity index (χ2n) is 10.8. The van der Waals surface area contributed by atoms with Crippen molar-refractivity contribution in [3.05, 3.63) is 23.8 Å². The standard InChI is InChI=1S/C25H33IO6/c1-4-5-21-31-20-11-17-16-7-6-14-10-15(27)8-9-23(14,2)22(16)18(28)12-24(17,3)25(20,32-21)19(29)13-30-26/h8-10,16-18,20-22,28H,4-7,11-13H2,1-3H3. The number of halogens is 1. The van der Waals surface area contributed by atoms with Crippen molar-refractivity contribution in [2.75, 3.05) is 6.61 Å². The number of aliphatic hydroxyl groups excluding tert-OH is 1. The van der Waals surface area contributed by atoms with Crippen molar-refractivity contribution in [3.8, 4) is 0 Å². The van der Waals surface area contributed by atoms with Crippen LogP contribution >= 0.6 is 23.0 Å². The molecule has 5 rings (SSSR count). The Kier molecular flexibility index (Phi) is 5.76. The summed E-state index contributed by atoms with van der Waals surface area (Å²) in [5.74, 6) is 0.413. The van der Waals surface area contributed by atoms with Gasteiger partial charge in [-0.3, -0.25) is 9.59 Å². The van der Waals surface area contributed by atoms with Gasteiger partial charge in [0.25, 0.3) is 0 Å². The lowest BCUT2D eigenvalue weighted by molar-refractivity contribution is -0.199. The number of aliphatic hydroxyl groups is 1. The Morgan fingerprint density at radius 1 is 1.38 bits per heavy atom. The van der Waals surface area contributed by atoms with E-state index in [9.17, 15) is 14.7 Å². The predicted molar refractivity (Wildman–Crippen MR) is 126 cm³/mol. The van der Waals surface area contributed by atoms with Crippen molar-refractivity contribution in [2.24, 2.45) is 28.6 Å². The van der Waals surface area contributed by atoms with Gasteiger partial charge in [0.15, 0.2) is 23.5 Å². The Labute approximate surface area is 203 Å². The average molecular weight is 556 g/mol. The van der Waals surface area contributed by atoms with Crippen molar-refractivity contribution >= 4 is 34.6 Å². The van der Waals surface area contributed by atoms with Gasteiger partial charge in [-0.1, -0.05) is 38.8 Å². The molecular formula is C25H33IO6. The Morgan fingerprint density at radius 2 is 2.16 bits per heavy atom. The number of ether oxygens (including phenoxy) is 2. The molecule has 4 fully saturated rings. The fourth-order valence-corrected chi connectivity index (χ4v) is 8.45. The summed E-state index contributed by atoms with van der Waals surface area (Å²) in [4.78, 5) is 25.6. The zero-order chi connectivity index (χ0) is 22.9. The van der Waals surface area contributed by atoms with Gasteiger partial charge in [-0.05, 0) is 56.1 Å². The van der Waals surface area contributed by atoms with Crippen LogP contribution in [0.4, 0.5) is 0 Å². The van der Waals surface area contributed by atoms with Crippen LogP contribution in [0.5, 0.6) is 0 Å². The highest BCUT2D eigenvalue weighted by molar-refractivity contribution is 14.1. The summed E-state index contributed by atoms with van der Waals surface area (Å²) in [6.07, 6.45) is 8.79. The zero-order valence-corrected chi connectivity index (χ0v) is 21.2. The van der Waals surface area contributed by atoms with E-state index in [1.54, 1.807) is 35.2 Å². The van der Waals surface area contributed by atoms with Crippen LogP contribution in [0.25, 0.3) is 0 Å². The van der Waals surface area contributed by atoms with Crippen LogP contribution in [0.3, 0.4) is 0 Å². The number of allylic oxidation sites excluding steroid dienone is 4. The molecule has 1 N–H and O–H groups in total. The molecule has 0 radical (unpaired) electrons. The van der Waals surface area contributed by atoms with Gasteiger partial charge in [-0.2, -0.15) is 0 Å². The van der Waals surface area contributed by atoms with Crippen LogP contribution in [0.1, 0.15) is 59.3 Å². The summed E-state index contributed by atoms with van der Waals surface area (Å²) < 4.78 is 18.1. The number of Topliss-reactive ketones (excluding diaryl/α,β-unsaturated/α-hetero) is 1. The molecule has 1 aliphatic heterocycles. The summed E-state index contributed by atoms with van der Waals surface area (Å²) >= 11 is 1.76. The molecule has 0 aromatic rings. The molecule has 32 heavy (non-hydrogen) atoms. The first-order valence-electron chi connectivity index (χ1n) is 11.9. The van der Waals surface area contributed by atoms with E-state index in [0.29, 0.717) is 6.42 Å². The lowest BCUT2D eigenvalue weighted by atomic mass is 9.46. The van der Waals surface area contributed by atoms with Crippen LogP contribution in [0, 0.1) is 28.6 Å². The Balaban J connectivity index is 1.55. The third kappa shape index (κ3) is 2.96. The van der Waals surface area contributed by atoms with Crippen LogP contribution in [0.15, 0.2) is 23.8 Å². The van der Waals surface area contributed by atoms with Gasteiger partial charge in [0.2, 0.25) is 0 Å². The van der Waals surface area contributed by atoms with Gasteiger partial charge in [-0.15, -0.1) is 0 Å². The van der Waals surface area contributed by atoms with Crippen LogP contribution in [0.2, 0.25) is 0 Å². The molecule has 9 atom stereocenters. The lowest BCUT2D eigenvalue weighted by Gasteiger charge is -2.59. The lowest BCUT2D eigenvalue weighted by Crippen LogP contribution is -2.63. The average Bonchev–Trinajstić information content (AvgIpc) is 3.21. The molecule has 0 aromatic carbocycles. The molecular weight excluding hydrogens is 523 g/mol. The van der Waals surface area contributed by atoms with Crippen molar-refractivity contribution in [2.45, 2.75) is 83.4 Å². The molecule has 0 spiro atoms. The number of hydrogen-bond donors (Lipinski definition) is 1. The Bertz CT molecular complexity index is 884. The Hall–Kier alpha value is -0.610. The highest BCUT2D eigenvalue weighted by atomic mass is 127. The molecule has 176 valence electrons. The number of carbonyl (C=O) groups excluding carboxylic acids is 2. The maximum absolute atomic E-state index is 13.6. The third-order valence-corrected chi connectivity index (χ3v) is 9.72. The molecule has 4 aliphatic carbocycles. The van der Waals surface area contributed by atoms with Crippen LogP contribution < -0.4 is 0 Å². The number of rotatable bonds is 5. The smallest absolute Gasteiger partial charge is 0.194 e. The van der Waals surface area contributed by atoms with Gasteiger partial charge in [0.05, 0.1) is 12.2 Å². The summed E-state index contributed by atoms with van der Waals surface area (Å²) in [7, 11) is 0. The van der Waals surface area contributed by atoms with Crippen molar-refractivity contribution in [3.63, 3.8) is 0 Å². The van der Waals surface area contributed by atoms with E-state index < -0.39 is 17.1 Å². The van der Waals surface area contributed by atoms with Gasteiger partial charge >= 0.3 is 0 Å². The van der Waals surface area contributed by atoms with Crippen LogP contribution in [-0.4, -0.2) is 47.4 Å². The Morgan fingerprint density at radius 3 is 2.88 bits per heavy atom. The number of carbonyl (C=O) groups is 2. The van der Waals surface area contributed by atoms with Crippen molar-refractivity contribution in [1.29, 1.82) is 0 Å². The minimum atomic E-state index is -1.08. The van der Waals surface area contributed by atoms with Gasteiger partial charge in [0, 0.05) is 16.7 Å². The quantitative estimate of drug-likeness (QED) is 0.514. The SMILES string of the molecule is CCCC1OC2CC3C4CCC5=CC(=O)C=CC5(C)C4C(O)CC3(C)C2(C(=O)COI)O1. The molecule has 5 aliphatic rings. The molecule has 0 bridgehead atoms. The topological polar surface area (TPSA) is 82.1 Å². The molecule has 9 unspecified atom stereocenters. The second kappa shape index (κ2) is 7.97. The summed E-state index contributed by atoms with van der Waals surface area (Å²) in [5, 5.41) is 11.6. The fraction of sp³-hybridized carbons (Fsp3) is 0.760.